The number of anilines is 1. The fourth-order valence-electron chi connectivity index (χ4n) is 3.36. The molecular formula is C20H22N6O. The van der Waals surface area contributed by atoms with Gasteiger partial charge in [-0.15, -0.1) is 0 Å². The predicted molar refractivity (Wildman–Crippen MR) is 102 cm³/mol. The van der Waals surface area contributed by atoms with E-state index in [0.717, 1.165) is 34.8 Å². The molecule has 1 amide bonds. The highest BCUT2D eigenvalue weighted by Crippen LogP contribution is 2.19. The van der Waals surface area contributed by atoms with E-state index < -0.39 is 0 Å². The zero-order valence-electron chi connectivity index (χ0n) is 15.3. The average molecular weight is 362 g/mol. The Balaban J connectivity index is 1.45. The molecule has 0 fully saturated rings. The van der Waals surface area contributed by atoms with Crippen molar-refractivity contribution < 1.29 is 4.79 Å². The molecule has 0 radical (unpaired) electrons. The van der Waals surface area contributed by atoms with Gasteiger partial charge in [-0.25, -0.2) is 4.98 Å². The Morgan fingerprint density at radius 3 is 2.93 bits per heavy atom. The van der Waals surface area contributed by atoms with Crippen molar-refractivity contribution in [2.45, 2.75) is 33.0 Å². The Morgan fingerprint density at radius 2 is 2.11 bits per heavy atom. The summed E-state index contributed by atoms with van der Waals surface area (Å²) in [6, 6.07) is 9.91. The summed E-state index contributed by atoms with van der Waals surface area (Å²) < 4.78 is 1.99. The molecule has 0 unspecified atom stereocenters. The molecule has 0 saturated heterocycles. The lowest BCUT2D eigenvalue weighted by Crippen LogP contribution is -2.38. The first-order chi connectivity index (χ1) is 13.2. The van der Waals surface area contributed by atoms with E-state index in [2.05, 4.69) is 33.4 Å². The van der Waals surface area contributed by atoms with Gasteiger partial charge in [-0.2, -0.15) is 5.10 Å². The summed E-state index contributed by atoms with van der Waals surface area (Å²) in [6.45, 7) is 4.61. The van der Waals surface area contributed by atoms with Gasteiger partial charge in [-0.1, -0.05) is 25.1 Å². The van der Waals surface area contributed by atoms with Crippen LogP contribution in [0.1, 0.15) is 34.2 Å². The topological polar surface area (TPSA) is 75.9 Å². The molecule has 4 rings (SSSR count). The van der Waals surface area contributed by atoms with Crippen molar-refractivity contribution in [1.82, 2.24) is 24.6 Å². The van der Waals surface area contributed by atoms with Crippen molar-refractivity contribution in [1.29, 1.82) is 0 Å². The molecule has 7 heteroatoms. The number of hydrogen-bond acceptors (Lipinski definition) is 5. The average Bonchev–Trinajstić information content (AvgIpc) is 3.14. The van der Waals surface area contributed by atoms with Crippen LogP contribution in [0.3, 0.4) is 0 Å². The summed E-state index contributed by atoms with van der Waals surface area (Å²) in [5.74, 6) is 0.815. The predicted octanol–water partition coefficient (Wildman–Crippen LogP) is 2.50. The molecule has 7 nitrogen and oxygen atoms in total. The van der Waals surface area contributed by atoms with Crippen LogP contribution in [-0.2, 0) is 26.1 Å². The lowest BCUT2D eigenvalue weighted by Gasteiger charge is -2.28. The van der Waals surface area contributed by atoms with Gasteiger partial charge in [0.1, 0.15) is 5.82 Å². The van der Waals surface area contributed by atoms with Crippen molar-refractivity contribution in [2.24, 2.45) is 0 Å². The molecule has 0 aliphatic carbocycles. The molecule has 27 heavy (non-hydrogen) atoms. The van der Waals surface area contributed by atoms with Crippen molar-refractivity contribution >= 4 is 11.7 Å². The largest absolute Gasteiger partial charge is 0.363 e. The van der Waals surface area contributed by atoms with Crippen LogP contribution in [0, 0.1) is 0 Å². The van der Waals surface area contributed by atoms with Gasteiger partial charge in [0.05, 0.1) is 37.2 Å². The van der Waals surface area contributed by atoms with Gasteiger partial charge < -0.3 is 10.2 Å². The Morgan fingerprint density at radius 1 is 1.22 bits per heavy atom. The van der Waals surface area contributed by atoms with Crippen LogP contribution in [0.25, 0.3) is 0 Å². The van der Waals surface area contributed by atoms with Crippen LogP contribution < -0.4 is 5.32 Å². The molecule has 3 heterocycles. The number of carbonyl (C=O) groups is 1. The summed E-state index contributed by atoms with van der Waals surface area (Å²) in [7, 11) is 0. The second kappa shape index (κ2) is 7.57. The molecular weight excluding hydrogens is 340 g/mol. The van der Waals surface area contributed by atoms with E-state index in [1.807, 2.05) is 33.8 Å². The van der Waals surface area contributed by atoms with Gasteiger partial charge >= 0.3 is 0 Å². The Labute approximate surface area is 158 Å². The van der Waals surface area contributed by atoms with E-state index in [1.54, 1.807) is 18.6 Å². The van der Waals surface area contributed by atoms with Gasteiger partial charge in [0.15, 0.2) is 0 Å². The van der Waals surface area contributed by atoms with Crippen LogP contribution in [-0.4, -0.2) is 37.1 Å². The summed E-state index contributed by atoms with van der Waals surface area (Å²) in [6.07, 6.45) is 5.83. The highest BCUT2D eigenvalue weighted by molar-refractivity contribution is 5.95. The maximum Gasteiger partial charge on any atom is 0.254 e. The number of benzene rings is 1. The summed E-state index contributed by atoms with van der Waals surface area (Å²) in [5.41, 5.74) is 3.88. The third-order valence-electron chi connectivity index (χ3n) is 4.78. The van der Waals surface area contributed by atoms with Crippen molar-refractivity contribution in [3.05, 3.63) is 71.4 Å². The molecule has 1 aliphatic rings. The van der Waals surface area contributed by atoms with E-state index in [-0.39, 0.29) is 5.91 Å². The second-order valence-electron chi connectivity index (χ2n) is 6.53. The number of hydrogen-bond donors (Lipinski definition) is 1. The molecule has 1 N–H and O–H groups in total. The summed E-state index contributed by atoms with van der Waals surface area (Å²) >= 11 is 0. The van der Waals surface area contributed by atoms with Crippen LogP contribution in [0.4, 0.5) is 5.82 Å². The fraction of sp³-hybridized carbons (Fsp3) is 0.300. The van der Waals surface area contributed by atoms with Gasteiger partial charge in [-0.05, 0) is 24.1 Å². The first kappa shape index (κ1) is 17.2. The van der Waals surface area contributed by atoms with Crippen LogP contribution in [0.15, 0.2) is 48.9 Å². The number of rotatable bonds is 5. The Kier molecular flexibility index (Phi) is 4.82. The van der Waals surface area contributed by atoms with E-state index >= 15 is 0 Å². The smallest absolute Gasteiger partial charge is 0.254 e. The number of fused-ring (bicyclic) bond motifs is 1. The SMILES string of the molecule is CCc1ccccc1C(=O)N1CCn2nc(CNc3cnccn3)cc2C1. The monoisotopic (exact) mass is 362 g/mol. The van der Waals surface area contributed by atoms with E-state index in [0.29, 0.717) is 26.2 Å². The highest BCUT2D eigenvalue weighted by atomic mass is 16.2. The second-order valence-corrected chi connectivity index (χ2v) is 6.53. The van der Waals surface area contributed by atoms with Crippen LogP contribution in [0.2, 0.25) is 0 Å². The minimum absolute atomic E-state index is 0.0964. The molecule has 0 atom stereocenters. The number of amides is 1. The van der Waals surface area contributed by atoms with Gasteiger partial charge in [0, 0.05) is 24.5 Å². The maximum absolute atomic E-state index is 13.0. The molecule has 1 aliphatic heterocycles. The van der Waals surface area contributed by atoms with E-state index in [4.69, 9.17) is 0 Å². The van der Waals surface area contributed by atoms with Crippen LogP contribution >= 0.6 is 0 Å². The quantitative estimate of drug-likeness (QED) is 0.755. The van der Waals surface area contributed by atoms with Crippen molar-refractivity contribution in [2.75, 3.05) is 11.9 Å². The van der Waals surface area contributed by atoms with Gasteiger partial charge in [0.2, 0.25) is 0 Å². The van der Waals surface area contributed by atoms with Gasteiger partial charge in [0.25, 0.3) is 5.91 Å². The summed E-state index contributed by atoms with van der Waals surface area (Å²) in [5, 5.41) is 7.85. The lowest BCUT2D eigenvalue weighted by molar-refractivity contribution is 0.0705. The number of nitrogens with one attached hydrogen (secondary N) is 1. The minimum atomic E-state index is 0.0964. The number of aryl methyl sites for hydroxylation is 1. The van der Waals surface area contributed by atoms with Gasteiger partial charge in [-0.3, -0.25) is 14.5 Å². The molecule has 2 aromatic heterocycles. The lowest BCUT2D eigenvalue weighted by atomic mass is 10.0. The third-order valence-corrected chi connectivity index (χ3v) is 4.78. The Hall–Kier alpha value is -3.22. The number of aromatic nitrogens is 4. The molecule has 3 aromatic rings. The number of carbonyl (C=O) groups excluding carboxylic acids is 1. The van der Waals surface area contributed by atoms with Crippen LogP contribution in [0.5, 0.6) is 0 Å². The minimum Gasteiger partial charge on any atom is -0.363 e. The van der Waals surface area contributed by atoms with Crippen molar-refractivity contribution in [3.63, 3.8) is 0 Å². The van der Waals surface area contributed by atoms with Crippen molar-refractivity contribution in [3.8, 4) is 0 Å². The molecule has 0 spiro atoms. The molecule has 1 aromatic carbocycles. The standard InChI is InChI=1S/C20H22N6O/c1-2-15-5-3-4-6-18(15)20(27)25-9-10-26-17(14-25)11-16(24-26)12-23-19-13-21-7-8-22-19/h3-8,11,13H,2,9-10,12,14H2,1H3,(H,22,23). The Bertz CT molecular complexity index is 937. The highest BCUT2D eigenvalue weighted by Gasteiger charge is 2.24. The summed E-state index contributed by atoms with van der Waals surface area (Å²) in [4.78, 5) is 23.1. The molecule has 0 bridgehead atoms. The molecule has 138 valence electrons. The normalized spacial score (nSPS) is 13.3. The fourth-order valence-corrected chi connectivity index (χ4v) is 3.36. The maximum atomic E-state index is 13.0. The first-order valence-corrected chi connectivity index (χ1v) is 9.17. The zero-order chi connectivity index (χ0) is 18.6. The number of nitrogens with zero attached hydrogens (tertiary/aromatic N) is 5. The first-order valence-electron chi connectivity index (χ1n) is 9.17. The zero-order valence-corrected chi connectivity index (χ0v) is 15.3. The molecule has 0 saturated carbocycles. The third kappa shape index (κ3) is 3.67. The van der Waals surface area contributed by atoms with E-state index in [9.17, 15) is 4.79 Å². The van der Waals surface area contributed by atoms with E-state index in [1.165, 1.54) is 0 Å².